The van der Waals surface area contributed by atoms with Crippen LogP contribution in [-0.2, 0) is 0 Å². The summed E-state index contributed by atoms with van der Waals surface area (Å²) in [6.07, 6.45) is 1.45. The summed E-state index contributed by atoms with van der Waals surface area (Å²) in [4.78, 5) is 13.0. The number of nitrogens with zero attached hydrogens (tertiary/aromatic N) is 3. The monoisotopic (exact) mass is 460 g/mol. The average molecular weight is 461 g/mol. The molecule has 0 atom stereocenters. The molecule has 5 aromatic rings. The van der Waals surface area contributed by atoms with Gasteiger partial charge < -0.3 is 5.11 Å². The second kappa shape index (κ2) is 9.27. The number of hydrogen-bond acceptors (Lipinski definition) is 4. The number of hydrazone groups is 1. The van der Waals surface area contributed by atoms with Gasteiger partial charge in [0.1, 0.15) is 5.75 Å². The molecule has 5 rings (SSSR count). The van der Waals surface area contributed by atoms with E-state index < -0.39 is 5.91 Å². The number of carbonyl (C=O) groups is 1. The predicted octanol–water partition coefficient (Wildman–Crippen LogP) is 5.78. The third kappa shape index (κ3) is 4.42. The minimum absolute atomic E-state index is 0.0900. The van der Waals surface area contributed by atoms with Crippen molar-refractivity contribution in [1.82, 2.24) is 15.2 Å². The molecule has 0 saturated carbocycles. The van der Waals surface area contributed by atoms with Crippen LogP contribution in [0.25, 0.3) is 27.7 Å². The normalized spacial score (nSPS) is 11.3. The third-order valence-electron chi connectivity index (χ3n) is 5.94. The first kappa shape index (κ1) is 22.1. The van der Waals surface area contributed by atoms with E-state index in [9.17, 15) is 9.90 Å². The van der Waals surface area contributed by atoms with Crippen LogP contribution >= 0.6 is 0 Å². The summed E-state index contributed by atoms with van der Waals surface area (Å²) < 4.78 is 1.79. The Hall–Kier alpha value is -4.71. The van der Waals surface area contributed by atoms with E-state index in [1.54, 1.807) is 16.8 Å². The smallest absolute Gasteiger partial charge is 0.291 e. The zero-order valence-corrected chi connectivity index (χ0v) is 19.4. The Labute approximate surface area is 203 Å². The molecule has 0 aliphatic rings. The quantitative estimate of drug-likeness (QED) is 0.258. The van der Waals surface area contributed by atoms with E-state index in [1.807, 2.05) is 92.7 Å². The highest BCUT2D eigenvalue weighted by atomic mass is 16.3. The molecular weight excluding hydrogens is 436 g/mol. The van der Waals surface area contributed by atoms with Crippen LogP contribution in [0.4, 0.5) is 0 Å². The molecule has 0 fully saturated rings. The molecule has 1 aromatic heterocycles. The first-order chi connectivity index (χ1) is 17.0. The molecule has 6 nitrogen and oxygen atoms in total. The van der Waals surface area contributed by atoms with Crippen molar-refractivity contribution >= 4 is 22.9 Å². The summed E-state index contributed by atoms with van der Waals surface area (Å²) in [5.41, 5.74) is 8.17. The molecule has 0 aliphatic carbocycles. The number of aryl methyl sites for hydroxylation is 2. The summed E-state index contributed by atoms with van der Waals surface area (Å²) in [5.74, 6) is -0.353. The number of amides is 1. The topological polar surface area (TPSA) is 79.5 Å². The van der Waals surface area contributed by atoms with E-state index in [0.717, 1.165) is 38.8 Å². The van der Waals surface area contributed by atoms with Crippen LogP contribution in [0.1, 0.15) is 27.2 Å². The maximum atomic E-state index is 13.0. The Morgan fingerprint density at radius 3 is 2.49 bits per heavy atom. The first-order valence-corrected chi connectivity index (χ1v) is 11.3. The lowest BCUT2D eigenvalue weighted by molar-refractivity contribution is 0.0949. The number of phenols is 1. The van der Waals surface area contributed by atoms with Gasteiger partial charge in [0.15, 0.2) is 5.69 Å². The van der Waals surface area contributed by atoms with Crippen LogP contribution in [0, 0.1) is 13.8 Å². The van der Waals surface area contributed by atoms with Crippen LogP contribution < -0.4 is 5.43 Å². The lowest BCUT2D eigenvalue weighted by Crippen LogP contribution is -2.18. The second-order valence-corrected chi connectivity index (χ2v) is 8.40. The zero-order valence-electron chi connectivity index (χ0n) is 19.4. The maximum absolute atomic E-state index is 13.0. The Bertz CT molecular complexity index is 1570. The molecule has 2 N–H and O–H groups in total. The van der Waals surface area contributed by atoms with Crippen molar-refractivity contribution in [3.63, 3.8) is 0 Å². The summed E-state index contributed by atoms with van der Waals surface area (Å²) in [6.45, 7) is 4.05. The Morgan fingerprint density at radius 1 is 0.943 bits per heavy atom. The number of aromatic nitrogens is 2. The van der Waals surface area contributed by atoms with E-state index in [0.29, 0.717) is 5.56 Å². The van der Waals surface area contributed by atoms with Gasteiger partial charge >= 0.3 is 0 Å². The van der Waals surface area contributed by atoms with E-state index in [1.165, 1.54) is 6.21 Å². The van der Waals surface area contributed by atoms with E-state index >= 15 is 0 Å². The Kier molecular flexibility index (Phi) is 5.85. The van der Waals surface area contributed by atoms with E-state index in [2.05, 4.69) is 15.6 Å². The van der Waals surface area contributed by atoms with Gasteiger partial charge in [-0.3, -0.25) is 4.79 Å². The van der Waals surface area contributed by atoms with Gasteiger partial charge in [-0.05, 0) is 48.4 Å². The summed E-state index contributed by atoms with van der Waals surface area (Å²) in [6, 6.07) is 28.9. The van der Waals surface area contributed by atoms with Gasteiger partial charge in [-0.15, -0.1) is 0 Å². The molecule has 1 heterocycles. The van der Waals surface area contributed by atoms with E-state index in [4.69, 9.17) is 0 Å². The van der Waals surface area contributed by atoms with Gasteiger partial charge in [-0.1, -0.05) is 78.4 Å². The number of fused-ring (bicyclic) bond motifs is 1. The molecule has 0 saturated heterocycles. The zero-order chi connectivity index (χ0) is 24.4. The fourth-order valence-electron chi connectivity index (χ4n) is 4.04. The van der Waals surface area contributed by atoms with Crippen molar-refractivity contribution < 1.29 is 9.90 Å². The minimum Gasteiger partial charge on any atom is -0.507 e. The lowest BCUT2D eigenvalue weighted by atomic mass is 10.0. The molecular formula is C29H24N4O2. The predicted molar refractivity (Wildman–Crippen MR) is 139 cm³/mol. The Balaban J connectivity index is 1.48. The van der Waals surface area contributed by atoms with Crippen LogP contribution in [-0.4, -0.2) is 27.0 Å². The highest BCUT2D eigenvalue weighted by Crippen LogP contribution is 2.27. The van der Waals surface area contributed by atoms with Crippen molar-refractivity contribution in [2.24, 2.45) is 5.10 Å². The number of carbonyl (C=O) groups excluding carboxylic acids is 1. The molecule has 6 heteroatoms. The molecule has 0 bridgehead atoms. The van der Waals surface area contributed by atoms with Gasteiger partial charge in [0, 0.05) is 11.1 Å². The summed E-state index contributed by atoms with van der Waals surface area (Å²) in [5, 5.41) is 20.8. The van der Waals surface area contributed by atoms with Crippen LogP contribution in [0.15, 0.2) is 96.1 Å². The molecule has 4 aromatic carbocycles. The van der Waals surface area contributed by atoms with Gasteiger partial charge in [0.05, 0.1) is 17.6 Å². The fraction of sp³-hybridized carbons (Fsp3) is 0.0690. The number of benzene rings is 4. The highest BCUT2D eigenvalue weighted by Gasteiger charge is 2.17. The summed E-state index contributed by atoms with van der Waals surface area (Å²) >= 11 is 0. The van der Waals surface area contributed by atoms with Crippen molar-refractivity contribution in [2.45, 2.75) is 13.8 Å². The minimum atomic E-state index is -0.443. The van der Waals surface area contributed by atoms with Crippen LogP contribution in [0.2, 0.25) is 0 Å². The third-order valence-corrected chi connectivity index (χ3v) is 5.94. The molecule has 172 valence electrons. The highest BCUT2D eigenvalue weighted by molar-refractivity contribution is 6.03. The molecule has 1 amide bonds. The van der Waals surface area contributed by atoms with Gasteiger partial charge in [0.25, 0.3) is 5.91 Å². The average Bonchev–Trinajstić information content (AvgIpc) is 3.31. The van der Waals surface area contributed by atoms with Crippen molar-refractivity contribution in [3.8, 4) is 22.7 Å². The standard InChI is InChI=1S/C29H24N4O2/c1-19-11-13-22(14-12-19)27-17-25(32-33(27)26-10-6-3-7-20(26)2)29(35)31-30-18-24-23-9-5-4-8-21(23)15-16-28(24)34/h3-18,34H,1-2H3,(H,31,35)/b30-18-. The Morgan fingerprint density at radius 2 is 1.69 bits per heavy atom. The number of rotatable bonds is 5. The maximum Gasteiger partial charge on any atom is 0.291 e. The fourth-order valence-corrected chi connectivity index (χ4v) is 4.04. The van der Waals surface area contributed by atoms with Crippen molar-refractivity contribution in [1.29, 1.82) is 0 Å². The molecule has 35 heavy (non-hydrogen) atoms. The number of para-hydroxylation sites is 1. The van der Waals surface area contributed by atoms with Crippen molar-refractivity contribution in [3.05, 3.63) is 113 Å². The lowest BCUT2D eigenvalue weighted by Gasteiger charge is -2.10. The van der Waals surface area contributed by atoms with Crippen LogP contribution in [0.5, 0.6) is 5.75 Å². The second-order valence-electron chi connectivity index (χ2n) is 8.40. The molecule has 0 aliphatic heterocycles. The largest absolute Gasteiger partial charge is 0.507 e. The summed E-state index contributed by atoms with van der Waals surface area (Å²) in [7, 11) is 0. The molecule has 0 spiro atoms. The number of nitrogens with one attached hydrogen (secondary N) is 1. The van der Waals surface area contributed by atoms with Gasteiger partial charge in [-0.25, -0.2) is 10.1 Å². The molecule has 0 radical (unpaired) electrons. The van der Waals surface area contributed by atoms with Gasteiger partial charge in [0.2, 0.25) is 0 Å². The number of phenolic OH excluding ortho intramolecular Hbond substituents is 1. The van der Waals surface area contributed by atoms with Crippen LogP contribution in [0.3, 0.4) is 0 Å². The SMILES string of the molecule is Cc1ccc(-c2cc(C(=O)N/N=C\c3c(O)ccc4ccccc34)nn2-c2ccccc2C)cc1. The first-order valence-electron chi connectivity index (χ1n) is 11.3. The number of hydrogen-bond donors (Lipinski definition) is 2. The molecule has 0 unspecified atom stereocenters. The number of aromatic hydroxyl groups is 1. The van der Waals surface area contributed by atoms with Crippen molar-refractivity contribution in [2.75, 3.05) is 0 Å². The van der Waals surface area contributed by atoms with Gasteiger partial charge in [-0.2, -0.15) is 10.2 Å². The van der Waals surface area contributed by atoms with E-state index in [-0.39, 0.29) is 11.4 Å².